The molecule has 0 amide bonds. The minimum Gasteiger partial charge on any atom is -0.313 e. The molecule has 2 bridgehead atoms. The maximum atomic E-state index is 4.64. The summed E-state index contributed by atoms with van der Waals surface area (Å²) in [4.78, 5) is 4.64. The summed E-state index contributed by atoms with van der Waals surface area (Å²) in [5.41, 5.74) is 2.66. The monoisotopic (exact) mass is 284 g/mol. The zero-order chi connectivity index (χ0) is 14.4. The average Bonchev–Trinajstić information content (AvgIpc) is 2.92. The van der Waals surface area contributed by atoms with Crippen LogP contribution >= 0.6 is 0 Å². The van der Waals surface area contributed by atoms with Crippen molar-refractivity contribution in [3.05, 3.63) is 29.6 Å². The number of nitrogens with zero attached hydrogens (tertiary/aromatic N) is 1. The van der Waals surface area contributed by atoms with Crippen molar-refractivity contribution in [2.75, 3.05) is 6.54 Å². The van der Waals surface area contributed by atoms with Gasteiger partial charge in [-0.25, -0.2) is 0 Å². The predicted octanol–water partition coefficient (Wildman–Crippen LogP) is 3.59. The number of aryl methyl sites for hydroxylation is 1. The zero-order valence-corrected chi connectivity index (χ0v) is 13.4. The van der Waals surface area contributed by atoms with Gasteiger partial charge in [-0.2, -0.15) is 0 Å². The summed E-state index contributed by atoms with van der Waals surface area (Å²) in [6.07, 6.45) is 8.90. The van der Waals surface area contributed by atoms with E-state index >= 15 is 0 Å². The van der Waals surface area contributed by atoms with Crippen LogP contribution in [0, 0.1) is 36.5 Å². The molecule has 0 saturated heterocycles. The van der Waals surface area contributed by atoms with Gasteiger partial charge in [0.2, 0.25) is 0 Å². The standard InChI is InChI=1S/C19H28N2/c1-3-8-20-16(11-15-12(2)5-4-9-21-15)19-17-13-6-7-14(10-13)18(17)19/h4-5,9,13-14,16-20H,3,6-8,10-11H2,1-2H3. The van der Waals surface area contributed by atoms with Crippen LogP contribution in [-0.2, 0) is 6.42 Å². The van der Waals surface area contributed by atoms with Crippen molar-refractivity contribution in [3.8, 4) is 0 Å². The molecule has 3 fully saturated rings. The highest BCUT2D eigenvalue weighted by atomic mass is 15.0. The summed E-state index contributed by atoms with van der Waals surface area (Å²) in [7, 11) is 0. The highest BCUT2D eigenvalue weighted by Gasteiger charge is 2.66. The van der Waals surface area contributed by atoms with Crippen LogP contribution in [0.25, 0.3) is 0 Å². The Balaban J connectivity index is 1.49. The van der Waals surface area contributed by atoms with Gasteiger partial charge in [0, 0.05) is 24.4 Å². The number of hydrogen-bond acceptors (Lipinski definition) is 2. The minimum absolute atomic E-state index is 0.664. The molecule has 0 radical (unpaired) electrons. The van der Waals surface area contributed by atoms with Gasteiger partial charge in [0.25, 0.3) is 0 Å². The van der Waals surface area contributed by atoms with Crippen LogP contribution in [-0.4, -0.2) is 17.6 Å². The van der Waals surface area contributed by atoms with Crippen molar-refractivity contribution in [1.29, 1.82) is 0 Å². The van der Waals surface area contributed by atoms with E-state index in [1.54, 1.807) is 6.42 Å². The second kappa shape index (κ2) is 5.39. The molecule has 3 saturated carbocycles. The molecular formula is C19H28N2. The Morgan fingerprint density at radius 3 is 2.71 bits per heavy atom. The maximum Gasteiger partial charge on any atom is 0.0448 e. The normalized spacial score (nSPS) is 37.5. The minimum atomic E-state index is 0.664. The first-order chi connectivity index (χ1) is 10.3. The third kappa shape index (κ3) is 2.32. The highest BCUT2D eigenvalue weighted by molar-refractivity contribution is 5.22. The van der Waals surface area contributed by atoms with Crippen LogP contribution in [0.2, 0.25) is 0 Å². The highest BCUT2D eigenvalue weighted by Crippen LogP contribution is 2.70. The van der Waals surface area contributed by atoms with E-state index in [1.807, 2.05) is 6.20 Å². The van der Waals surface area contributed by atoms with E-state index in [1.165, 1.54) is 30.5 Å². The first-order valence-corrected chi connectivity index (χ1v) is 8.93. The quantitative estimate of drug-likeness (QED) is 0.863. The van der Waals surface area contributed by atoms with Gasteiger partial charge >= 0.3 is 0 Å². The molecular weight excluding hydrogens is 256 g/mol. The lowest BCUT2D eigenvalue weighted by Gasteiger charge is -2.22. The van der Waals surface area contributed by atoms with Crippen LogP contribution in [0.1, 0.15) is 43.9 Å². The second-order valence-electron chi connectivity index (χ2n) is 7.60. The maximum absolute atomic E-state index is 4.64. The van der Waals surface area contributed by atoms with Crippen LogP contribution in [0.15, 0.2) is 18.3 Å². The predicted molar refractivity (Wildman–Crippen MR) is 86.1 cm³/mol. The van der Waals surface area contributed by atoms with Crippen LogP contribution < -0.4 is 5.32 Å². The van der Waals surface area contributed by atoms with Gasteiger partial charge in [0.15, 0.2) is 0 Å². The summed E-state index contributed by atoms with van der Waals surface area (Å²) in [5.74, 6) is 5.20. The fraction of sp³-hybridized carbons (Fsp3) is 0.737. The van der Waals surface area contributed by atoms with E-state index in [0.717, 1.165) is 42.6 Å². The van der Waals surface area contributed by atoms with E-state index in [-0.39, 0.29) is 0 Å². The van der Waals surface area contributed by atoms with Gasteiger partial charge in [-0.1, -0.05) is 13.0 Å². The number of fused-ring (bicyclic) bond motifs is 5. The molecule has 3 aliphatic rings. The molecule has 2 nitrogen and oxygen atoms in total. The summed E-state index contributed by atoms with van der Waals surface area (Å²) in [5, 5.41) is 3.86. The molecule has 114 valence electrons. The largest absolute Gasteiger partial charge is 0.313 e. The number of pyridine rings is 1. The molecule has 0 aliphatic heterocycles. The molecule has 1 heterocycles. The molecule has 5 unspecified atom stereocenters. The van der Waals surface area contributed by atoms with Crippen molar-refractivity contribution in [2.24, 2.45) is 29.6 Å². The molecule has 0 aromatic carbocycles. The van der Waals surface area contributed by atoms with Crippen molar-refractivity contribution in [1.82, 2.24) is 10.3 Å². The Hall–Kier alpha value is -0.890. The first-order valence-electron chi connectivity index (χ1n) is 8.93. The van der Waals surface area contributed by atoms with Crippen LogP contribution in [0.4, 0.5) is 0 Å². The molecule has 1 aromatic rings. The van der Waals surface area contributed by atoms with E-state index in [9.17, 15) is 0 Å². The average molecular weight is 284 g/mol. The molecule has 21 heavy (non-hydrogen) atoms. The molecule has 1 N–H and O–H groups in total. The Bertz CT molecular complexity index is 496. The van der Waals surface area contributed by atoms with Gasteiger partial charge < -0.3 is 5.32 Å². The Labute approximate surface area is 128 Å². The topological polar surface area (TPSA) is 24.9 Å². The summed E-state index contributed by atoms with van der Waals surface area (Å²) in [6.45, 7) is 5.63. The number of aromatic nitrogens is 1. The molecule has 1 aromatic heterocycles. The van der Waals surface area contributed by atoms with E-state index in [4.69, 9.17) is 0 Å². The van der Waals surface area contributed by atoms with Gasteiger partial charge in [-0.15, -0.1) is 0 Å². The smallest absolute Gasteiger partial charge is 0.0448 e. The van der Waals surface area contributed by atoms with Gasteiger partial charge in [0.05, 0.1) is 0 Å². The van der Waals surface area contributed by atoms with Gasteiger partial charge in [0.1, 0.15) is 0 Å². The fourth-order valence-corrected chi connectivity index (χ4v) is 5.54. The van der Waals surface area contributed by atoms with Crippen LogP contribution in [0.3, 0.4) is 0 Å². The number of nitrogens with one attached hydrogen (secondary N) is 1. The lowest BCUT2D eigenvalue weighted by atomic mass is 9.93. The summed E-state index contributed by atoms with van der Waals surface area (Å²) in [6, 6.07) is 4.92. The van der Waals surface area contributed by atoms with Crippen LogP contribution in [0.5, 0.6) is 0 Å². The van der Waals surface area contributed by atoms with Crippen molar-refractivity contribution in [3.63, 3.8) is 0 Å². The van der Waals surface area contributed by atoms with Crippen molar-refractivity contribution >= 4 is 0 Å². The third-order valence-electron chi connectivity index (χ3n) is 6.45. The second-order valence-corrected chi connectivity index (χ2v) is 7.60. The van der Waals surface area contributed by atoms with Gasteiger partial charge in [-0.05, 0) is 80.4 Å². The summed E-state index contributed by atoms with van der Waals surface area (Å²) >= 11 is 0. The first kappa shape index (κ1) is 13.8. The number of hydrogen-bond donors (Lipinski definition) is 1. The Kier molecular flexibility index (Phi) is 3.53. The summed E-state index contributed by atoms with van der Waals surface area (Å²) < 4.78 is 0. The SMILES string of the molecule is CCCNC(Cc1ncccc1C)C1C2C3CCC(C3)C21. The zero-order valence-electron chi connectivity index (χ0n) is 13.4. The van der Waals surface area contributed by atoms with E-state index in [0.29, 0.717) is 6.04 Å². The molecule has 5 atom stereocenters. The van der Waals surface area contributed by atoms with Crippen molar-refractivity contribution < 1.29 is 0 Å². The van der Waals surface area contributed by atoms with Gasteiger partial charge in [-0.3, -0.25) is 4.98 Å². The fourth-order valence-electron chi connectivity index (χ4n) is 5.54. The lowest BCUT2D eigenvalue weighted by Crippen LogP contribution is -2.36. The third-order valence-corrected chi connectivity index (χ3v) is 6.45. The molecule has 0 spiro atoms. The number of rotatable bonds is 6. The van der Waals surface area contributed by atoms with E-state index in [2.05, 4.69) is 36.3 Å². The van der Waals surface area contributed by atoms with Crippen molar-refractivity contribution in [2.45, 2.75) is 52.0 Å². The molecule has 3 aliphatic carbocycles. The lowest BCUT2D eigenvalue weighted by molar-refractivity contribution is 0.359. The Morgan fingerprint density at radius 2 is 2.05 bits per heavy atom. The molecule has 4 rings (SSSR count). The molecule has 2 heteroatoms. The van der Waals surface area contributed by atoms with E-state index < -0.39 is 0 Å². The Morgan fingerprint density at radius 1 is 1.29 bits per heavy atom.